The predicted octanol–water partition coefficient (Wildman–Crippen LogP) is 4.57. The van der Waals surface area contributed by atoms with E-state index >= 15 is 0 Å². The molecule has 1 N–H and O–H groups in total. The molecule has 0 unspecified atom stereocenters. The predicted molar refractivity (Wildman–Crippen MR) is 134 cm³/mol. The normalized spacial score (nSPS) is 11.1. The van der Waals surface area contributed by atoms with Crippen LogP contribution in [-0.2, 0) is 11.3 Å². The number of amides is 1. The van der Waals surface area contributed by atoms with E-state index in [1.54, 1.807) is 0 Å². The highest BCUT2D eigenvalue weighted by molar-refractivity contribution is 7.19. The summed E-state index contributed by atoms with van der Waals surface area (Å²) in [6.45, 7) is 2.17. The molecule has 2 heterocycles. The van der Waals surface area contributed by atoms with Gasteiger partial charge in [-0.15, -0.1) is 0 Å². The molecule has 0 aliphatic carbocycles. The Morgan fingerprint density at radius 3 is 2.18 bits per heavy atom. The van der Waals surface area contributed by atoms with Crippen LogP contribution >= 0.6 is 11.3 Å². The summed E-state index contributed by atoms with van der Waals surface area (Å²) in [7, 11) is 0. The lowest BCUT2D eigenvalue weighted by atomic mass is 9.90. The highest BCUT2D eigenvalue weighted by atomic mass is 32.1. The van der Waals surface area contributed by atoms with Crippen LogP contribution in [0.2, 0.25) is 0 Å². The highest BCUT2D eigenvalue weighted by Crippen LogP contribution is 2.26. The summed E-state index contributed by atoms with van der Waals surface area (Å²) in [6, 6.07) is 28.7. The molecule has 0 saturated heterocycles. The zero-order valence-electron chi connectivity index (χ0n) is 18.5. The monoisotopic (exact) mass is 466 g/mol. The zero-order chi connectivity index (χ0) is 23.5. The third-order valence-electron chi connectivity index (χ3n) is 5.57. The van der Waals surface area contributed by atoms with Crippen molar-refractivity contribution in [3.63, 3.8) is 0 Å². The van der Waals surface area contributed by atoms with E-state index < -0.39 is 5.92 Å². The van der Waals surface area contributed by atoms with Crippen LogP contribution in [0.5, 0.6) is 0 Å². The van der Waals surface area contributed by atoms with Gasteiger partial charge in [-0.3, -0.25) is 9.59 Å². The van der Waals surface area contributed by atoms with Crippen LogP contribution in [0, 0.1) is 6.92 Å². The molecule has 5 rings (SSSR count). The van der Waals surface area contributed by atoms with Gasteiger partial charge >= 0.3 is 0 Å². The molecule has 2 aromatic heterocycles. The summed E-state index contributed by atoms with van der Waals surface area (Å²) in [5, 5.41) is 8.12. The van der Waals surface area contributed by atoms with Crippen molar-refractivity contribution >= 4 is 22.2 Å². The number of nitrogens with zero attached hydrogens (tertiary/aromatic N) is 3. The molecule has 6 nitrogen and oxygen atoms in total. The minimum Gasteiger partial charge on any atom is -0.350 e. The number of carbonyl (C=O) groups excluding carboxylic acids is 1. The number of rotatable bonds is 6. The number of nitrogens with one attached hydrogen (secondary N) is 1. The van der Waals surface area contributed by atoms with Crippen LogP contribution in [-0.4, -0.2) is 20.5 Å². The molecule has 168 valence electrons. The summed E-state index contributed by atoms with van der Waals surface area (Å²) < 4.78 is 1.31. The molecule has 0 bridgehead atoms. The van der Waals surface area contributed by atoms with E-state index in [0.717, 1.165) is 27.3 Å². The topological polar surface area (TPSA) is 76.4 Å². The summed E-state index contributed by atoms with van der Waals surface area (Å²) >= 11 is 1.35. The van der Waals surface area contributed by atoms with Gasteiger partial charge in [0.05, 0.1) is 18.2 Å². The first-order valence-electron chi connectivity index (χ1n) is 10.9. The van der Waals surface area contributed by atoms with Gasteiger partial charge in [0.1, 0.15) is 5.01 Å². The molecule has 0 saturated carbocycles. The molecule has 0 aliphatic rings. The van der Waals surface area contributed by atoms with Crippen molar-refractivity contribution in [3.8, 4) is 10.6 Å². The van der Waals surface area contributed by atoms with Crippen molar-refractivity contribution in [2.45, 2.75) is 19.4 Å². The van der Waals surface area contributed by atoms with Crippen molar-refractivity contribution in [2.24, 2.45) is 0 Å². The van der Waals surface area contributed by atoms with E-state index in [9.17, 15) is 9.59 Å². The maximum absolute atomic E-state index is 13.3. The number of carbonyl (C=O) groups is 1. The Hall–Kier alpha value is -4.10. The molecule has 0 fully saturated rings. The Morgan fingerprint density at radius 2 is 1.56 bits per heavy atom. The van der Waals surface area contributed by atoms with Crippen LogP contribution < -0.4 is 10.9 Å². The Balaban J connectivity index is 1.40. The Morgan fingerprint density at radius 1 is 0.941 bits per heavy atom. The Bertz CT molecular complexity index is 1450. The number of aromatic nitrogens is 3. The Kier molecular flexibility index (Phi) is 6.01. The van der Waals surface area contributed by atoms with Crippen molar-refractivity contribution in [1.29, 1.82) is 0 Å². The zero-order valence-corrected chi connectivity index (χ0v) is 19.3. The number of hydrogen-bond acceptors (Lipinski definition) is 5. The minimum atomic E-state index is -0.455. The van der Waals surface area contributed by atoms with Gasteiger partial charge in [-0.2, -0.15) is 9.61 Å². The van der Waals surface area contributed by atoms with E-state index in [4.69, 9.17) is 0 Å². The van der Waals surface area contributed by atoms with Crippen LogP contribution in [0.4, 0.5) is 0 Å². The van der Waals surface area contributed by atoms with Crippen molar-refractivity contribution in [2.75, 3.05) is 0 Å². The van der Waals surface area contributed by atoms with Gasteiger partial charge in [0.2, 0.25) is 10.9 Å². The molecular formula is C27H22N4O2S. The average Bonchev–Trinajstić information content (AvgIpc) is 3.30. The molecule has 0 atom stereocenters. The van der Waals surface area contributed by atoms with Gasteiger partial charge in [0, 0.05) is 11.6 Å². The van der Waals surface area contributed by atoms with Crippen LogP contribution in [0.25, 0.3) is 15.5 Å². The highest BCUT2D eigenvalue weighted by Gasteiger charge is 2.22. The molecule has 3 aromatic carbocycles. The third kappa shape index (κ3) is 4.51. The molecule has 1 amide bonds. The van der Waals surface area contributed by atoms with Crippen LogP contribution in [0.1, 0.15) is 28.3 Å². The lowest BCUT2D eigenvalue weighted by Crippen LogP contribution is -2.30. The number of hydrogen-bond donors (Lipinski definition) is 1. The number of aryl methyl sites for hydroxylation is 1. The van der Waals surface area contributed by atoms with Crippen LogP contribution in [0.3, 0.4) is 0 Å². The summed E-state index contributed by atoms with van der Waals surface area (Å²) in [6.07, 6.45) is 0. The number of benzene rings is 3. The summed E-state index contributed by atoms with van der Waals surface area (Å²) in [4.78, 5) is 31.0. The van der Waals surface area contributed by atoms with Gasteiger partial charge in [-0.25, -0.2) is 4.98 Å². The lowest BCUT2D eigenvalue weighted by Gasteiger charge is -2.17. The quantitative estimate of drug-likeness (QED) is 0.398. The fourth-order valence-electron chi connectivity index (χ4n) is 3.83. The fraction of sp³-hybridized carbons (Fsp3) is 0.111. The Labute approximate surface area is 200 Å². The molecule has 0 aliphatic heterocycles. The van der Waals surface area contributed by atoms with Gasteiger partial charge in [0.25, 0.3) is 5.56 Å². The lowest BCUT2D eigenvalue weighted by molar-refractivity contribution is -0.121. The summed E-state index contributed by atoms with van der Waals surface area (Å²) in [5.74, 6) is -0.604. The van der Waals surface area contributed by atoms with E-state index in [1.807, 2.05) is 91.9 Å². The smallest absolute Gasteiger partial charge is 0.275 e. The molecule has 34 heavy (non-hydrogen) atoms. The van der Waals surface area contributed by atoms with Crippen molar-refractivity contribution in [1.82, 2.24) is 19.9 Å². The molecule has 5 aromatic rings. The van der Waals surface area contributed by atoms with E-state index in [1.165, 1.54) is 21.9 Å². The molecular weight excluding hydrogens is 444 g/mol. The first-order chi connectivity index (χ1) is 16.6. The second-order valence-electron chi connectivity index (χ2n) is 8.03. The van der Waals surface area contributed by atoms with Gasteiger partial charge in [0.15, 0.2) is 0 Å². The fourth-order valence-corrected chi connectivity index (χ4v) is 4.76. The van der Waals surface area contributed by atoms with Gasteiger partial charge in [-0.05, 0) is 18.1 Å². The van der Waals surface area contributed by atoms with Crippen molar-refractivity contribution in [3.05, 3.63) is 124 Å². The molecule has 0 radical (unpaired) electrons. The van der Waals surface area contributed by atoms with Gasteiger partial charge < -0.3 is 5.32 Å². The summed E-state index contributed by atoms with van der Waals surface area (Å²) in [5.41, 5.74) is 4.12. The first-order valence-corrected chi connectivity index (χ1v) is 11.7. The van der Waals surface area contributed by atoms with E-state index in [-0.39, 0.29) is 18.0 Å². The second-order valence-corrected chi connectivity index (χ2v) is 8.98. The van der Waals surface area contributed by atoms with E-state index in [2.05, 4.69) is 15.4 Å². The second kappa shape index (κ2) is 9.41. The van der Waals surface area contributed by atoms with Gasteiger partial charge in [-0.1, -0.05) is 102 Å². The number of fused-ring (bicyclic) bond motifs is 1. The minimum absolute atomic E-state index is 0.149. The largest absolute Gasteiger partial charge is 0.350 e. The maximum Gasteiger partial charge on any atom is 0.275 e. The molecule has 7 heteroatoms. The molecule has 0 spiro atoms. The maximum atomic E-state index is 13.3. The van der Waals surface area contributed by atoms with Crippen molar-refractivity contribution < 1.29 is 4.79 Å². The average molecular weight is 467 g/mol. The first kappa shape index (κ1) is 21.7. The van der Waals surface area contributed by atoms with Crippen LogP contribution in [0.15, 0.2) is 95.8 Å². The SMILES string of the molecule is Cc1ccc(-c2nn3c(=O)cc(CNC(=O)C(c4ccccc4)c4ccccc4)nc3s2)cc1. The standard InChI is InChI=1S/C27H22N4O2S/c1-18-12-14-21(15-13-18)26-30-31-23(32)16-22(29-27(31)34-26)17-28-25(33)24(19-8-4-2-5-9-19)20-10-6-3-7-11-20/h2-16,24H,17H2,1H3,(H,28,33). The van der Waals surface area contributed by atoms with E-state index in [0.29, 0.717) is 10.7 Å². The third-order valence-corrected chi connectivity index (χ3v) is 6.53.